The van der Waals surface area contributed by atoms with Gasteiger partial charge >= 0.3 is 0 Å². The molecule has 0 aromatic carbocycles. The highest BCUT2D eigenvalue weighted by Gasteiger charge is 2.39. The number of nitrogens with zero attached hydrogens (tertiary/aromatic N) is 1. The van der Waals surface area contributed by atoms with Crippen molar-refractivity contribution in [2.75, 3.05) is 6.54 Å². The number of hydrogen-bond acceptors (Lipinski definition) is 2. The normalized spacial score (nSPS) is 28.3. The minimum atomic E-state index is -0.0988. The van der Waals surface area contributed by atoms with E-state index < -0.39 is 0 Å². The quantitative estimate of drug-likeness (QED) is 0.662. The van der Waals surface area contributed by atoms with Gasteiger partial charge in [-0.2, -0.15) is 0 Å². The first-order chi connectivity index (χ1) is 5.20. The van der Waals surface area contributed by atoms with Crippen molar-refractivity contribution >= 4 is 0 Å². The van der Waals surface area contributed by atoms with Crippen LogP contribution in [0.4, 0.5) is 0 Å². The van der Waals surface area contributed by atoms with E-state index in [1.807, 2.05) is 0 Å². The summed E-state index contributed by atoms with van der Waals surface area (Å²) in [6.45, 7) is 9.12. The topological polar surface area (TPSA) is 23.5 Å². The highest BCUT2D eigenvalue weighted by molar-refractivity contribution is 5.05. The van der Waals surface area contributed by atoms with Crippen molar-refractivity contribution in [3.63, 3.8) is 0 Å². The van der Waals surface area contributed by atoms with Crippen molar-refractivity contribution in [2.45, 2.75) is 38.8 Å². The molecule has 1 aliphatic rings. The monoisotopic (exact) mass is 155 g/mol. The van der Waals surface area contributed by atoms with E-state index in [0.717, 1.165) is 25.1 Å². The van der Waals surface area contributed by atoms with Crippen LogP contribution in [0.15, 0.2) is 12.3 Å². The zero-order valence-electron chi connectivity index (χ0n) is 7.38. The maximum absolute atomic E-state index is 9.19. The third kappa shape index (κ3) is 1.74. The van der Waals surface area contributed by atoms with Gasteiger partial charge in [0, 0.05) is 12.2 Å². The lowest BCUT2D eigenvalue weighted by Gasteiger charge is -2.24. The van der Waals surface area contributed by atoms with Crippen LogP contribution < -0.4 is 0 Å². The van der Waals surface area contributed by atoms with Crippen LogP contribution in [0, 0.1) is 0 Å². The number of likely N-dealkylation sites (N-methyl/N-ethyl adjacent to an activating group) is 1. The SMILES string of the molecule is C=C(CC)N(CC)C1CC1O. The fourth-order valence-corrected chi connectivity index (χ4v) is 1.40. The van der Waals surface area contributed by atoms with Gasteiger partial charge < -0.3 is 10.0 Å². The van der Waals surface area contributed by atoms with Gasteiger partial charge in [-0.25, -0.2) is 0 Å². The molecule has 0 radical (unpaired) electrons. The highest BCUT2D eigenvalue weighted by Crippen LogP contribution is 2.30. The van der Waals surface area contributed by atoms with Crippen LogP contribution in [-0.2, 0) is 0 Å². The van der Waals surface area contributed by atoms with Crippen LogP contribution in [-0.4, -0.2) is 28.7 Å². The molecular weight excluding hydrogens is 138 g/mol. The predicted molar refractivity (Wildman–Crippen MR) is 46.2 cm³/mol. The molecule has 1 N–H and O–H groups in total. The van der Waals surface area contributed by atoms with E-state index in [4.69, 9.17) is 0 Å². The molecule has 2 heteroatoms. The summed E-state index contributed by atoms with van der Waals surface area (Å²) < 4.78 is 0. The van der Waals surface area contributed by atoms with Gasteiger partial charge in [-0.05, 0) is 19.8 Å². The lowest BCUT2D eigenvalue weighted by molar-refractivity contribution is 0.220. The molecule has 1 saturated carbocycles. The minimum Gasteiger partial charge on any atom is -0.391 e. The largest absolute Gasteiger partial charge is 0.391 e. The first-order valence-electron chi connectivity index (χ1n) is 4.33. The average molecular weight is 155 g/mol. The van der Waals surface area contributed by atoms with E-state index >= 15 is 0 Å². The molecule has 0 amide bonds. The zero-order chi connectivity index (χ0) is 8.43. The van der Waals surface area contributed by atoms with E-state index in [9.17, 15) is 5.11 Å². The van der Waals surface area contributed by atoms with Crippen LogP contribution in [0.1, 0.15) is 26.7 Å². The van der Waals surface area contributed by atoms with Crippen LogP contribution in [0.3, 0.4) is 0 Å². The molecule has 1 rings (SSSR count). The molecule has 1 fully saturated rings. The van der Waals surface area contributed by atoms with Crippen LogP contribution in [0.2, 0.25) is 0 Å². The third-order valence-electron chi connectivity index (χ3n) is 2.28. The molecule has 0 aliphatic heterocycles. The van der Waals surface area contributed by atoms with Gasteiger partial charge in [-0.3, -0.25) is 0 Å². The Morgan fingerprint density at radius 1 is 1.64 bits per heavy atom. The van der Waals surface area contributed by atoms with Crippen molar-refractivity contribution in [1.29, 1.82) is 0 Å². The smallest absolute Gasteiger partial charge is 0.0764 e. The van der Waals surface area contributed by atoms with Crippen LogP contribution in [0.5, 0.6) is 0 Å². The molecular formula is C9H17NO. The van der Waals surface area contributed by atoms with Gasteiger partial charge in [-0.1, -0.05) is 13.5 Å². The number of rotatable bonds is 4. The predicted octanol–water partition coefficient (Wildman–Crippen LogP) is 1.37. The summed E-state index contributed by atoms with van der Waals surface area (Å²) in [6, 6.07) is 0.368. The average Bonchev–Trinajstić information content (AvgIpc) is 2.68. The molecule has 0 saturated heterocycles. The van der Waals surface area contributed by atoms with Crippen molar-refractivity contribution < 1.29 is 5.11 Å². The maximum atomic E-state index is 9.19. The summed E-state index contributed by atoms with van der Waals surface area (Å²) in [6.07, 6.45) is 1.81. The maximum Gasteiger partial charge on any atom is 0.0764 e. The summed E-state index contributed by atoms with van der Waals surface area (Å²) in [4.78, 5) is 2.20. The molecule has 64 valence electrons. The van der Waals surface area contributed by atoms with Crippen LogP contribution in [0.25, 0.3) is 0 Å². The van der Waals surface area contributed by atoms with Crippen molar-refractivity contribution in [3.8, 4) is 0 Å². The highest BCUT2D eigenvalue weighted by atomic mass is 16.3. The first-order valence-corrected chi connectivity index (χ1v) is 4.33. The van der Waals surface area contributed by atoms with Crippen molar-refractivity contribution in [1.82, 2.24) is 4.90 Å². The fourth-order valence-electron chi connectivity index (χ4n) is 1.40. The Bertz CT molecular complexity index is 156. The van der Waals surface area contributed by atoms with Gasteiger partial charge in [0.2, 0.25) is 0 Å². The lowest BCUT2D eigenvalue weighted by atomic mass is 10.3. The summed E-state index contributed by atoms with van der Waals surface area (Å²) in [5, 5.41) is 9.19. The second-order valence-corrected chi connectivity index (χ2v) is 3.08. The van der Waals surface area contributed by atoms with E-state index in [1.165, 1.54) is 0 Å². The van der Waals surface area contributed by atoms with E-state index in [1.54, 1.807) is 0 Å². The van der Waals surface area contributed by atoms with E-state index in [-0.39, 0.29) is 6.10 Å². The Balaban J connectivity index is 2.43. The second kappa shape index (κ2) is 3.26. The fraction of sp³-hybridized carbons (Fsp3) is 0.778. The molecule has 1 aliphatic carbocycles. The Morgan fingerprint density at radius 3 is 2.45 bits per heavy atom. The molecule has 2 nitrogen and oxygen atoms in total. The number of aliphatic hydroxyl groups is 1. The Hall–Kier alpha value is -0.500. The molecule has 0 aromatic rings. The van der Waals surface area contributed by atoms with Crippen molar-refractivity contribution in [3.05, 3.63) is 12.3 Å². The number of hydrogen-bond donors (Lipinski definition) is 1. The third-order valence-corrected chi connectivity index (χ3v) is 2.28. The van der Waals surface area contributed by atoms with Crippen molar-refractivity contribution in [2.24, 2.45) is 0 Å². The summed E-state index contributed by atoms with van der Waals surface area (Å²) >= 11 is 0. The van der Waals surface area contributed by atoms with Gasteiger partial charge in [-0.15, -0.1) is 0 Å². The standard InChI is InChI=1S/C9H17NO/c1-4-7(3)10(5-2)8-6-9(8)11/h8-9,11H,3-6H2,1-2H3. The minimum absolute atomic E-state index is 0.0988. The molecule has 2 unspecified atom stereocenters. The molecule has 0 spiro atoms. The van der Waals surface area contributed by atoms with E-state index in [2.05, 4.69) is 25.3 Å². The van der Waals surface area contributed by atoms with Crippen LogP contribution >= 0.6 is 0 Å². The lowest BCUT2D eigenvalue weighted by Crippen LogP contribution is -2.26. The summed E-state index contributed by atoms with van der Waals surface area (Å²) in [7, 11) is 0. The first kappa shape index (κ1) is 8.60. The summed E-state index contributed by atoms with van der Waals surface area (Å²) in [5.41, 5.74) is 1.15. The summed E-state index contributed by atoms with van der Waals surface area (Å²) in [5.74, 6) is 0. The Morgan fingerprint density at radius 2 is 2.18 bits per heavy atom. The number of aliphatic hydroxyl groups excluding tert-OH is 1. The van der Waals surface area contributed by atoms with Gasteiger partial charge in [0.1, 0.15) is 0 Å². The Kier molecular flexibility index (Phi) is 2.55. The molecule has 0 aromatic heterocycles. The van der Waals surface area contributed by atoms with Gasteiger partial charge in [0.25, 0.3) is 0 Å². The molecule has 0 heterocycles. The van der Waals surface area contributed by atoms with E-state index in [0.29, 0.717) is 6.04 Å². The zero-order valence-corrected chi connectivity index (χ0v) is 7.38. The van der Waals surface area contributed by atoms with Gasteiger partial charge in [0.15, 0.2) is 0 Å². The second-order valence-electron chi connectivity index (χ2n) is 3.08. The molecule has 2 atom stereocenters. The molecule has 11 heavy (non-hydrogen) atoms. The molecule has 0 bridgehead atoms. The Labute approximate surface area is 68.5 Å². The van der Waals surface area contributed by atoms with Gasteiger partial charge in [0.05, 0.1) is 12.1 Å². The number of allylic oxidation sites excluding steroid dienone is 1.